The van der Waals surface area contributed by atoms with Gasteiger partial charge in [-0.25, -0.2) is 4.98 Å². The number of benzene rings is 2. The first-order valence-electron chi connectivity index (χ1n) is 7.08. The average molecular weight is 324 g/mol. The number of carbonyl (C=O) groups is 1. The number of carbonyl (C=O) groups excluding carboxylic acids is 1. The maximum atomic E-state index is 11.6. The second-order valence-corrected chi connectivity index (χ2v) is 6.05. The molecular weight excluding hydrogens is 308 g/mol. The Kier molecular flexibility index (Phi) is 4.25. The van der Waals surface area contributed by atoms with Crippen LogP contribution in [0, 0.1) is 6.92 Å². The molecule has 0 atom stereocenters. The molecule has 0 saturated heterocycles. The van der Waals surface area contributed by atoms with Crippen LogP contribution in [-0.2, 0) is 0 Å². The molecule has 3 aromatic rings. The fourth-order valence-electron chi connectivity index (χ4n) is 2.12. The number of nitrogens with one attached hydrogen (secondary N) is 2. The Morgan fingerprint density at radius 2 is 1.78 bits per heavy atom. The molecule has 0 spiro atoms. The molecule has 0 saturated carbocycles. The van der Waals surface area contributed by atoms with Crippen LogP contribution in [0.3, 0.4) is 0 Å². The minimum Gasteiger partial charge on any atom is -0.364 e. The number of anilines is 4. The summed E-state index contributed by atoms with van der Waals surface area (Å²) in [6.07, 6.45) is 0. The fourth-order valence-corrected chi connectivity index (χ4v) is 3.04. The van der Waals surface area contributed by atoms with E-state index < -0.39 is 5.91 Å². The van der Waals surface area contributed by atoms with Crippen LogP contribution in [0.15, 0.2) is 54.6 Å². The first-order valence-corrected chi connectivity index (χ1v) is 7.90. The van der Waals surface area contributed by atoms with Crippen LogP contribution in [0.25, 0.3) is 0 Å². The minimum absolute atomic E-state index is 0.231. The van der Waals surface area contributed by atoms with E-state index in [9.17, 15) is 4.79 Å². The molecule has 2 aromatic carbocycles. The topological polar surface area (TPSA) is 80.0 Å². The molecule has 0 aliphatic rings. The van der Waals surface area contributed by atoms with Gasteiger partial charge in [0.2, 0.25) is 0 Å². The molecule has 116 valence electrons. The molecule has 6 heteroatoms. The molecule has 5 nitrogen and oxygen atoms in total. The fraction of sp³-hybridized carbons (Fsp3) is 0.0588. The van der Waals surface area contributed by atoms with Crippen molar-refractivity contribution in [2.24, 2.45) is 5.73 Å². The van der Waals surface area contributed by atoms with Crippen molar-refractivity contribution in [3.63, 3.8) is 0 Å². The van der Waals surface area contributed by atoms with Crippen molar-refractivity contribution in [1.29, 1.82) is 0 Å². The Bertz CT molecular complexity index is 830. The minimum atomic E-state index is -0.558. The van der Waals surface area contributed by atoms with Crippen LogP contribution >= 0.6 is 11.3 Å². The maximum Gasteiger partial charge on any atom is 0.270 e. The van der Waals surface area contributed by atoms with Crippen LogP contribution < -0.4 is 16.4 Å². The third-order valence-electron chi connectivity index (χ3n) is 3.16. The Morgan fingerprint density at radius 3 is 2.48 bits per heavy atom. The number of amides is 1. The third kappa shape index (κ3) is 3.67. The second-order valence-electron chi connectivity index (χ2n) is 5.05. The smallest absolute Gasteiger partial charge is 0.270 e. The molecule has 0 fully saturated rings. The average Bonchev–Trinajstić information content (AvgIpc) is 2.91. The highest BCUT2D eigenvalue weighted by molar-refractivity contribution is 7.20. The lowest BCUT2D eigenvalue weighted by molar-refractivity contribution is 0.0997. The zero-order valence-electron chi connectivity index (χ0n) is 12.5. The molecule has 3 rings (SSSR count). The van der Waals surface area contributed by atoms with E-state index in [1.54, 1.807) is 0 Å². The Labute approximate surface area is 138 Å². The van der Waals surface area contributed by atoms with E-state index in [1.165, 1.54) is 11.3 Å². The van der Waals surface area contributed by atoms with E-state index in [0.717, 1.165) is 16.9 Å². The number of aryl methyl sites for hydroxylation is 1. The third-order valence-corrected chi connectivity index (χ3v) is 4.05. The molecular formula is C17H16N4OS. The van der Waals surface area contributed by atoms with Gasteiger partial charge in [0, 0.05) is 11.4 Å². The van der Waals surface area contributed by atoms with Crippen LogP contribution in [0.4, 0.5) is 21.5 Å². The number of rotatable bonds is 5. The zero-order valence-corrected chi connectivity index (χ0v) is 13.4. The van der Waals surface area contributed by atoms with Crippen molar-refractivity contribution in [3.8, 4) is 0 Å². The van der Waals surface area contributed by atoms with Crippen molar-refractivity contribution in [3.05, 3.63) is 65.9 Å². The summed E-state index contributed by atoms with van der Waals surface area (Å²) >= 11 is 1.35. The lowest BCUT2D eigenvalue weighted by Gasteiger charge is -2.05. The van der Waals surface area contributed by atoms with Crippen molar-refractivity contribution in [2.75, 3.05) is 10.6 Å². The van der Waals surface area contributed by atoms with Crippen molar-refractivity contribution < 1.29 is 4.79 Å². The highest BCUT2D eigenvalue weighted by atomic mass is 32.1. The molecule has 1 aromatic heterocycles. The van der Waals surface area contributed by atoms with E-state index in [1.807, 2.05) is 61.5 Å². The SMILES string of the molecule is Cc1cccc(Nc2sc(Nc3ccccc3)nc2C(N)=O)c1. The number of aromatic nitrogens is 1. The van der Waals surface area contributed by atoms with Crippen molar-refractivity contribution in [2.45, 2.75) is 6.92 Å². The lowest BCUT2D eigenvalue weighted by atomic mass is 10.2. The van der Waals surface area contributed by atoms with Gasteiger partial charge < -0.3 is 16.4 Å². The van der Waals surface area contributed by atoms with Crippen molar-refractivity contribution in [1.82, 2.24) is 4.98 Å². The molecule has 0 unspecified atom stereocenters. The zero-order chi connectivity index (χ0) is 16.2. The number of nitrogens with two attached hydrogens (primary N) is 1. The second kappa shape index (κ2) is 6.50. The van der Waals surface area contributed by atoms with Crippen molar-refractivity contribution >= 4 is 38.8 Å². The Balaban J connectivity index is 1.88. The summed E-state index contributed by atoms with van der Waals surface area (Å²) in [5, 5.41) is 7.63. The van der Waals surface area contributed by atoms with Gasteiger partial charge in [-0.05, 0) is 36.8 Å². The lowest BCUT2D eigenvalue weighted by Crippen LogP contribution is -2.13. The number of nitrogens with zero attached hydrogens (tertiary/aromatic N) is 1. The summed E-state index contributed by atoms with van der Waals surface area (Å²) < 4.78 is 0. The summed E-state index contributed by atoms with van der Waals surface area (Å²) in [6, 6.07) is 17.5. The molecule has 0 bridgehead atoms. The highest BCUT2D eigenvalue weighted by Gasteiger charge is 2.16. The standard InChI is InChI=1S/C17H16N4OS/c1-11-6-5-9-13(10-11)19-16-14(15(18)22)21-17(23-16)20-12-7-3-2-4-8-12/h2-10,19H,1H3,(H2,18,22)(H,20,21). The molecule has 23 heavy (non-hydrogen) atoms. The van der Waals surface area contributed by atoms with Gasteiger partial charge in [-0.2, -0.15) is 0 Å². The molecule has 1 heterocycles. The molecule has 1 amide bonds. The normalized spacial score (nSPS) is 10.3. The van der Waals surface area contributed by atoms with E-state index in [-0.39, 0.29) is 5.69 Å². The van der Waals surface area contributed by atoms with E-state index in [0.29, 0.717) is 10.1 Å². The van der Waals surface area contributed by atoms with Gasteiger partial charge in [-0.3, -0.25) is 4.79 Å². The van der Waals surface area contributed by atoms with Crippen LogP contribution in [0.1, 0.15) is 16.1 Å². The molecule has 4 N–H and O–H groups in total. The summed E-state index contributed by atoms with van der Waals surface area (Å²) in [7, 11) is 0. The van der Waals surface area contributed by atoms with Gasteiger partial charge in [-0.1, -0.05) is 41.7 Å². The quantitative estimate of drug-likeness (QED) is 0.662. The summed E-state index contributed by atoms with van der Waals surface area (Å²) in [6.45, 7) is 2.01. The van der Waals surface area contributed by atoms with E-state index in [2.05, 4.69) is 15.6 Å². The number of para-hydroxylation sites is 1. The predicted octanol–water partition coefficient (Wildman–Crippen LogP) is 4.04. The molecule has 0 aliphatic carbocycles. The first-order chi connectivity index (χ1) is 11.1. The summed E-state index contributed by atoms with van der Waals surface area (Å²) in [5.41, 5.74) is 8.59. The number of hydrogen-bond acceptors (Lipinski definition) is 5. The van der Waals surface area contributed by atoms with Gasteiger partial charge in [0.15, 0.2) is 10.8 Å². The maximum absolute atomic E-state index is 11.6. The van der Waals surface area contributed by atoms with Gasteiger partial charge in [0.25, 0.3) is 5.91 Å². The van der Waals surface area contributed by atoms with Gasteiger partial charge in [0.1, 0.15) is 5.00 Å². The van der Waals surface area contributed by atoms with Crippen LogP contribution in [0.2, 0.25) is 0 Å². The first kappa shape index (κ1) is 15.1. The molecule has 0 aliphatic heterocycles. The van der Waals surface area contributed by atoms with E-state index >= 15 is 0 Å². The van der Waals surface area contributed by atoms with E-state index in [4.69, 9.17) is 5.73 Å². The van der Waals surface area contributed by atoms with Gasteiger partial charge in [0.05, 0.1) is 0 Å². The van der Waals surface area contributed by atoms with Crippen LogP contribution in [0.5, 0.6) is 0 Å². The monoisotopic (exact) mass is 324 g/mol. The molecule has 0 radical (unpaired) electrons. The number of hydrogen-bond donors (Lipinski definition) is 3. The number of primary amides is 1. The predicted molar refractivity (Wildman–Crippen MR) is 94.8 cm³/mol. The highest BCUT2D eigenvalue weighted by Crippen LogP contribution is 2.32. The largest absolute Gasteiger partial charge is 0.364 e. The number of thiazole rings is 1. The van der Waals surface area contributed by atoms with Crippen LogP contribution in [-0.4, -0.2) is 10.9 Å². The van der Waals surface area contributed by atoms with Gasteiger partial charge in [-0.15, -0.1) is 0 Å². The Hall–Kier alpha value is -2.86. The van der Waals surface area contributed by atoms with Gasteiger partial charge >= 0.3 is 0 Å². The summed E-state index contributed by atoms with van der Waals surface area (Å²) in [5.74, 6) is -0.558. The Morgan fingerprint density at radius 1 is 1.04 bits per heavy atom. The summed E-state index contributed by atoms with van der Waals surface area (Å²) in [4.78, 5) is 15.9.